The lowest BCUT2D eigenvalue weighted by molar-refractivity contribution is 0.241. The molecule has 14 heavy (non-hydrogen) atoms. The number of aliphatic hydroxyl groups excluding tert-OH is 1. The van der Waals surface area contributed by atoms with Gasteiger partial charge in [-0.25, -0.2) is 8.42 Å². The van der Waals surface area contributed by atoms with Gasteiger partial charge in [0.25, 0.3) is 0 Å². The molecule has 0 spiro atoms. The van der Waals surface area contributed by atoms with Crippen LogP contribution in [0.25, 0.3) is 0 Å². The first-order valence-electron chi connectivity index (χ1n) is 5.10. The van der Waals surface area contributed by atoms with Crippen molar-refractivity contribution in [2.45, 2.75) is 32.7 Å². The molecular formula is C9H21NO3S. The van der Waals surface area contributed by atoms with Crippen LogP contribution in [0.15, 0.2) is 0 Å². The third-order valence-electron chi connectivity index (χ3n) is 2.07. The van der Waals surface area contributed by atoms with Crippen LogP contribution in [0.5, 0.6) is 0 Å². The monoisotopic (exact) mass is 223 g/mol. The molecule has 0 fully saturated rings. The zero-order valence-corrected chi connectivity index (χ0v) is 9.81. The SMILES string of the molecule is CCCS(=O)(=O)CCNC(CC)CO. The molecule has 0 aliphatic rings. The second-order valence-electron chi connectivity index (χ2n) is 3.39. The minimum absolute atomic E-state index is 0.0202. The number of aliphatic hydroxyl groups is 1. The summed E-state index contributed by atoms with van der Waals surface area (Å²) >= 11 is 0. The molecule has 0 rings (SSSR count). The highest BCUT2D eigenvalue weighted by atomic mass is 32.2. The predicted molar refractivity (Wildman–Crippen MR) is 58.1 cm³/mol. The van der Waals surface area contributed by atoms with Gasteiger partial charge >= 0.3 is 0 Å². The summed E-state index contributed by atoms with van der Waals surface area (Å²) in [4.78, 5) is 0. The van der Waals surface area contributed by atoms with Crippen LogP contribution in [0, 0.1) is 0 Å². The van der Waals surface area contributed by atoms with Gasteiger partial charge in [0, 0.05) is 18.3 Å². The van der Waals surface area contributed by atoms with Gasteiger partial charge in [-0.2, -0.15) is 0 Å². The third kappa shape index (κ3) is 6.34. The molecule has 0 aliphatic carbocycles. The molecular weight excluding hydrogens is 202 g/mol. The number of hydrogen-bond acceptors (Lipinski definition) is 4. The van der Waals surface area contributed by atoms with Crippen LogP contribution in [0.3, 0.4) is 0 Å². The Balaban J connectivity index is 3.72. The summed E-state index contributed by atoms with van der Waals surface area (Å²) in [5.41, 5.74) is 0. The average molecular weight is 223 g/mol. The maximum atomic E-state index is 11.3. The second kappa shape index (κ2) is 7.20. The van der Waals surface area contributed by atoms with Crippen molar-refractivity contribution >= 4 is 9.84 Å². The van der Waals surface area contributed by atoms with E-state index in [9.17, 15) is 8.42 Å². The normalized spacial score (nSPS) is 14.2. The molecule has 5 heteroatoms. The maximum Gasteiger partial charge on any atom is 0.151 e. The molecule has 2 N–H and O–H groups in total. The molecule has 0 aliphatic heterocycles. The molecule has 0 amide bonds. The van der Waals surface area contributed by atoms with Crippen molar-refractivity contribution in [1.82, 2.24) is 5.32 Å². The number of sulfone groups is 1. The van der Waals surface area contributed by atoms with Crippen LogP contribution in [0.4, 0.5) is 0 Å². The van der Waals surface area contributed by atoms with Crippen LogP contribution in [-0.4, -0.2) is 44.2 Å². The van der Waals surface area contributed by atoms with Crippen LogP contribution in [-0.2, 0) is 9.84 Å². The highest BCUT2D eigenvalue weighted by Crippen LogP contribution is 1.94. The van der Waals surface area contributed by atoms with Gasteiger partial charge in [-0.15, -0.1) is 0 Å². The van der Waals surface area contributed by atoms with Gasteiger partial charge in [-0.1, -0.05) is 13.8 Å². The first-order valence-corrected chi connectivity index (χ1v) is 6.92. The summed E-state index contributed by atoms with van der Waals surface area (Å²) in [5, 5.41) is 11.9. The fourth-order valence-electron chi connectivity index (χ4n) is 1.17. The van der Waals surface area contributed by atoms with E-state index in [2.05, 4.69) is 5.32 Å². The lowest BCUT2D eigenvalue weighted by Gasteiger charge is -2.13. The van der Waals surface area contributed by atoms with Crippen molar-refractivity contribution < 1.29 is 13.5 Å². The third-order valence-corrected chi connectivity index (χ3v) is 3.93. The summed E-state index contributed by atoms with van der Waals surface area (Å²) in [6.45, 7) is 4.30. The Morgan fingerprint density at radius 1 is 1.29 bits per heavy atom. The number of hydrogen-bond donors (Lipinski definition) is 2. The minimum Gasteiger partial charge on any atom is -0.395 e. The van der Waals surface area contributed by atoms with Gasteiger partial charge in [0.05, 0.1) is 12.4 Å². The molecule has 0 aromatic heterocycles. The first-order chi connectivity index (χ1) is 6.55. The summed E-state index contributed by atoms with van der Waals surface area (Å²) < 4.78 is 22.6. The molecule has 0 saturated carbocycles. The van der Waals surface area contributed by atoms with E-state index in [0.29, 0.717) is 13.0 Å². The van der Waals surface area contributed by atoms with Crippen molar-refractivity contribution in [3.63, 3.8) is 0 Å². The number of rotatable bonds is 8. The minimum atomic E-state index is -2.89. The van der Waals surface area contributed by atoms with Crippen molar-refractivity contribution in [1.29, 1.82) is 0 Å². The zero-order valence-electron chi connectivity index (χ0n) is 8.99. The Morgan fingerprint density at radius 3 is 2.36 bits per heavy atom. The van der Waals surface area contributed by atoms with E-state index in [1.807, 2.05) is 13.8 Å². The van der Waals surface area contributed by atoms with E-state index < -0.39 is 9.84 Å². The van der Waals surface area contributed by atoms with Gasteiger partial charge in [0.1, 0.15) is 0 Å². The summed E-state index contributed by atoms with van der Waals surface area (Å²) in [5.74, 6) is 0.419. The lowest BCUT2D eigenvalue weighted by atomic mass is 10.2. The summed E-state index contributed by atoms with van der Waals surface area (Å²) in [6, 6.07) is 0.0202. The Bertz CT molecular complexity index is 222. The quantitative estimate of drug-likeness (QED) is 0.616. The Morgan fingerprint density at radius 2 is 1.93 bits per heavy atom. The summed E-state index contributed by atoms with van der Waals surface area (Å²) in [6.07, 6.45) is 1.48. The highest BCUT2D eigenvalue weighted by Gasteiger charge is 2.10. The molecule has 86 valence electrons. The molecule has 0 aromatic rings. The maximum absolute atomic E-state index is 11.3. The smallest absolute Gasteiger partial charge is 0.151 e. The molecule has 4 nitrogen and oxygen atoms in total. The van der Waals surface area contributed by atoms with Crippen molar-refractivity contribution in [2.75, 3.05) is 24.7 Å². The number of nitrogens with one attached hydrogen (secondary N) is 1. The Labute approximate surface area is 86.6 Å². The molecule has 1 atom stereocenters. The van der Waals surface area contributed by atoms with Crippen molar-refractivity contribution in [3.05, 3.63) is 0 Å². The molecule has 1 unspecified atom stereocenters. The molecule has 0 heterocycles. The van der Waals surface area contributed by atoms with Gasteiger partial charge < -0.3 is 10.4 Å². The van der Waals surface area contributed by atoms with Gasteiger partial charge in [-0.3, -0.25) is 0 Å². The van der Waals surface area contributed by atoms with Crippen LogP contribution < -0.4 is 5.32 Å². The van der Waals surface area contributed by atoms with Crippen molar-refractivity contribution in [2.24, 2.45) is 0 Å². The standard InChI is InChI=1S/C9H21NO3S/c1-3-6-14(12,13)7-5-10-9(4-2)8-11/h9-11H,3-8H2,1-2H3. The van der Waals surface area contributed by atoms with E-state index in [1.54, 1.807) is 0 Å². The molecule has 0 bridgehead atoms. The Kier molecular flexibility index (Phi) is 7.13. The van der Waals surface area contributed by atoms with Crippen LogP contribution in [0.1, 0.15) is 26.7 Å². The van der Waals surface area contributed by atoms with Gasteiger partial charge in [0.15, 0.2) is 9.84 Å². The second-order valence-corrected chi connectivity index (χ2v) is 5.70. The van der Waals surface area contributed by atoms with Gasteiger partial charge in [-0.05, 0) is 12.8 Å². The van der Waals surface area contributed by atoms with E-state index in [1.165, 1.54) is 0 Å². The van der Waals surface area contributed by atoms with E-state index in [0.717, 1.165) is 6.42 Å². The largest absolute Gasteiger partial charge is 0.395 e. The van der Waals surface area contributed by atoms with Gasteiger partial charge in [0.2, 0.25) is 0 Å². The molecule has 0 saturated heterocycles. The molecule has 0 aromatic carbocycles. The highest BCUT2D eigenvalue weighted by molar-refractivity contribution is 7.91. The topological polar surface area (TPSA) is 66.4 Å². The fourth-order valence-corrected chi connectivity index (χ4v) is 2.42. The van der Waals surface area contributed by atoms with E-state index >= 15 is 0 Å². The van der Waals surface area contributed by atoms with Crippen LogP contribution in [0.2, 0.25) is 0 Å². The Hall–Kier alpha value is -0.130. The predicted octanol–water partition coefficient (Wildman–Crippen LogP) is 0.172. The summed E-state index contributed by atoms with van der Waals surface area (Å²) in [7, 11) is -2.89. The van der Waals surface area contributed by atoms with Crippen LogP contribution >= 0.6 is 0 Å². The lowest BCUT2D eigenvalue weighted by Crippen LogP contribution is -2.35. The zero-order chi connectivity index (χ0) is 11.0. The van der Waals surface area contributed by atoms with E-state index in [4.69, 9.17) is 5.11 Å². The van der Waals surface area contributed by atoms with Crippen molar-refractivity contribution in [3.8, 4) is 0 Å². The fraction of sp³-hybridized carbons (Fsp3) is 1.00. The average Bonchev–Trinajstić information content (AvgIpc) is 2.12. The van der Waals surface area contributed by atoms with E-state index in [-0.39, 0.29) is 24.2 Å². The first kappa shape index (κ1) is 13.9. The molecule has 0 radical (unpaired) electrons.